The van der Waals surface area contributed by atoms with Gasteiger partial charge in [0.05, 0.1) is 12.3 Å². The van der Waals surface area contributed by atoms with E-state index in [1.807, 2.05) is 30.3 Å². The minimum absolute atomic E-state index is 0.116. The Morgan fingerprint density at radius 3 is 2.55 bits per heavy atom. The van der Waals surface area contributed by atoms with E-state index in [0.29, 0.717) is 13.2 Å². The van der Waals surface area contributed by atoms with E-state index >= 15 is 0 Å². The summed E-state index contributed by atoms with van der Waals surface area (Å²) in [4.78, 5) is 22.4. The molecule has 0 fully saturated rings. The van der Waals surface area contributed by atoms with E-state index in [9.17, 15) is 9.59 Å². The summed E-state index contributed by atoms with van der Waals surface area (Å²) < 4.78 is 4.46. The third kappa shape index (κ3) is 5.97. The number of rotatable bonds is 8. The molecular weight excluding hydrogens is 278 g/mol. The maximum Gasteiger partial charge on any atom is 0.319 e. The molecule has 0 saturated carbocycles. The van der Waals surface area contributed by atoms with Crippen LogP contribution in [0, 0.1) is 0 Å². The van der Waals surface area contributed by atoms with Gasteiger partial charge in [0.2, 0.25) is 5.91 Å². The van der Waals surface area contributed by atoms with Crippen LogP contribution in [-0.2, 0) is 9.59 Å². The first kappa shape index (κ1) is 16.4. The van der Waals surface area contributed by atoms with Gasteiger partial charge in [-0.25, -0.2) is 0 Å². The zero-order chi connectivity index (χ0) is 15.0. The van der Waals surface area contributed by atoms with Crippen molar-refractivity contribution in [2.24, 2.45) is 0 Å². The van der Waals surface area contributed by atoms with Crippen molar-refractivity contribution in [1.82, 2.24) is 5.32 Å². The largest absolute Gasteiger partial charge is 0.492 e. The topological polar surface area (TPSA) is 75.6 Å². The summed E-state index contributed by atoms with van der Waals surface area (Å²) in [5.41, 5.74) is 0. The molecule has 0 atom stereocenters. The van der Waals surface area contributed by atoms with Gasteiger partial charge in [0, 0.05) is 0 Å². The van der Waals surface area contributed by atoms with E-state index in [0.717, 1.165) is 17.5 Å². The number of thioether (sulfide) groups is 1. The van der Waals surface area contributed by atoms with Crippen LogP contribution in [0.2, 0.25) is 0 Å². The third-order valence-corrected chi connectivity index (χ3v) is 3.82. The molecule has 1 aromatic carbocycles. The molecule has 1 rings (SSSR count). The van der Waals surface area contributed by atoms with E-state index in [2.05, 4.69) is 5.32 Å². The first-order valence-electron chi connectivity index (χ1n) is 6.24. The molecule has 0 radical (unpaired) electrons. The average Bonchev–Trinajstić information content (AvgIpc) is 2.42. The van der Waals surface area contributed by atoms with E-state index in [1.165, 1.54) is 0 Å². The summed E-state index contributed by atoms with van der Waals surface area (Å²) in [6.45, 7) is 3.92. The lowest BCUT2D eigenvalue weighted by Gasteiger charge is -2.17. The van der Waals surface area contributed by atoms with Gasteiger partial charge < -0.3 is 15.2 Å². The fourth-order valence-electron chi connectivity index (χ4n) is 1.23. The van der Waals surface area contributed by atoms with Crippen LogP contribution in [-0.4, -0.2) is 40.6 Å². The van der Waals surface area contributed by atoms with Crippen molar-refractivity contribution in [3.63, 3.8) is 0 Å². The molecule has 5 nitrogen and oxygen atoms in total. The Labute approximate surface area is 122 Å². The summed E-state index contributed by atoms with van der Waals surface area (Å²) in [5, 5.41) is 11.6. The molecule has 0 saturated heterocycles. The monoisotopic (exact) mass is 297 g/mol. The fourth-order valence-corrected chi connectivity index (χ4v) is 1.95. The summed E-state index contributed by atoms with van der Waals surface area (Å²) in [6, 6.07) is 9.33. The highest BCUT2D eigenvalue weighted by Crippen LogP contribution is 2.23. The van der Waals surface area contributed by atoms with Crippen molar-refractivity contribution in [3.8, 4) is 5.75 Å². The number of carbonyl (C=O) groups is 2. The Kier molecular flexibility index (Phi) is 6.38. The van der Waals surface area contributed by atoms with E-state index in [1.54, 1.807) is 13.8 Å². The van der Waals surface area contributed by atoms with Crippen molar-refractivity contribution in [3.05, 3.63) is 30.3 Å². The zero-order valence-electron chi connectivity index (χ0n) is 11.6. The minimum Gasteiger partial charge on any atom is -0.492 e. The van der Waals surface area contributed by atoms with Gasteiger partial charge in [0.15, 0.2) is 0 Å². The predicted octanol–water partition coefficient (Wildman–Crippen LogP) is 1.78. The fraction of sp³-hybridized carbons (Fsp3) is 0.429. The number of hydrogen-bond acceptors (Lipinski definition) is 4. The molecule has 0 aromatic heterocycles. The van der Waals surface area contributed by atoms with Crippen LogP contribution in [0.3, 0.4) is 0 Å². The lowest BCUT2D eigenvalue weighted by Crippen LogP contribution is -2.33. The molecule has 20 heavy (non-hydrogen) atoms. The van der Waals surface area contributed by atoms with E-state index < -0.39 is 10.7 Å². The van der Waals surface area contributed by atoms with Crippen molar-refractivity contribution in [2.75, 3.05) is 18.9 Å². The van der Waals surface area contributed by atoms with Gasteiger partial charge >= 0.3 is 5.97 Å². The number of amides is 1. The predicted molar refractivity (Wildman–Crippen MR) is 79.1 cm³/mol. The van der Waals surface area contributed by atoms with Gasteiger partial charge in [0.1, 0.15) is 17.1 Å². The molecule has 0 heterocycles. The maximum absolute atomic E-state index is 11.5. The van der Waals surface area contributed by atoms with Gasteiger partial charge in [-0.3, -0.25) is 9.59 Å². The molecule has 110 valence electrons. The van der Waals surface area contributed by atoms with Gasteiger partial charge in [-0.15, -0.1) is 11.8 Å². The molecule has 0 aliphatic rings. The van der Waals surface area contributed by atoms with Crippen molar-refractivity contribution in [2.45, 2.75) is 18.6 Å². The first-order chi connectivity index (χ1) is 9.42. The highest BCUT2D eigenvalue weighted by molar-refractivity contribution is 8.01. The van der Waals surface area contributed by atoms with Crippen LogP contribution in [0.4, 0.5) is 0 Å². The summed E-state index contributed by atoms with van der Waals surface area (Å²) in [6.07, 6.45) is 0. The van der Waals surface area contributed by atoms with Crippen LogP contribution in [0.5, 0.6) is 5.75 Å². The molecule has 0 spiro atoms. The Morgan fingerprint density at radius 1 is 1.30 bits per heavy atom. The van der Waals surface area contributed by atoms with Gasteiger partial charge in [0.25, 0.3) is 0 Å². The summed E-state index contributed by atoms with van der Waals surface area (Å²) in [7, 11) is 0. The van der Waals surface area contributed by atoms with Crippen LogP contribution in [0.1, 0.15) is 13.8 Å². The molecule has 1 aromatic rings. The zero-order valence-corrected chi connectivity index (χ0v) is 12.4. The number of carbonyl (C=O) groups excluding carboxylic acids is 1. The molecule has 6 heteroatoms. The molecule has 2 N–H and O–H groups in total. The van der Waals surface area contributed by atoms with Crippen LogP contribution < -0.4 is 10.1 Å². The quantitative estimate of drug-likeness (QED) is 0.715. The summed E-state index contributed by atoms with van der Waals surface area (Å²) >= 11 is 1.10. The van der Waals surface area contributed by atoms with Gasteiger partial charge in [-0.2, -0.15) is 0 Å². The first-order valence-corrected chi connectivity index (χ1v) is 7.22. The highest BCUT2D eigenvalue weighted by Gasteiger charge is 2.28. The normalized spacial score (nSPS) is 10.9. The maximum atomic E-state index is 11.5. The standard InChI is InChI=1S/C14H19NO4S/c1-14(2,13(17)18)20-10-12(16)15-8-9-19-11-6-4-3-5-7-11/h3-7H,8-10H2,1-2H3,(H,15,16)(H,17,18). The number of nitrogens with one attached hydrogen (secondary N) is 1. The lowest BCUT2D eigenvalue weighted by atomic mass is 10.2. The Balaban J connectivity index is 2.16. The van der Waals surface area contributed by atoms with Crippen molar-refractivity contribution in [1.29, 1.82) is 0 Å². The smallest absolute Gasteiger partial charge is 0.319 e. The van der Waals surface area contributed by atoms with Crippen molar-refractivity contribution < 1.29 is 19.4 Å². The molecule has 0 aliphatic carbocycles. The average molecular weight is 297 g/mol. The number of benzene rings is 1. The molecular formula is C14H19NO4S. The van der Waals surface area contributed by atoms with Gasteiger partial charge in [-0.1, -0.05) is 18.2 Å². The second-order valence-electron chi connectivity index (χ2n) is 4.62. The highest BCUT2D eigenvalue weighted by atomic mass is 32.2. The number of carboxylic acid groups (broad SMARTS) is 1. The molecule has 0 unspecified atom stereocenters. The number of para-hydroxylation sites is 1. The second-order valence-corrected chi connectivity index (χ2v) is 6.21. The Hall–Kier alpha value is -1.69. The number of ether oxygens (including phenoxy) is 1. The number of hydrogen-bond donors (Lipinski definition) is 2. The number of aliphatic carboxylic acids is 1. The van der Waals surface area contributed by atoms with Gasteiger partial charge in [-0.05, 0) is 26.0 Å². The Morgan fingerprint density at radius 2 is 1.95 bits per heavy atom. The van der Waals surface area contributed by atoms with Crippen LogP contribution >= 0.6 is 11.8 Å². The lowest BCUT2D eigenvalue weighted by molar-refractivity contribution is -0.138. The van der Waals surface area contributed by atoms with Crippen LogP contribution in [0.25, 0.3) is 0 Å². The molecule has 0 bridgehead atoms. The SMILES string of the molecule is CC(C)(SCC(=O)NCCOc1ccccc1)C(=O)O. The van der Waals surface area contributed by atoms with E-state index in [4.69, 9.17) is 9.84 Å². The summed E-state index contributed by atoms with van der Waals surface area (Å²) in [5.74, 6) is -0.253. The van der Waals surface area contributed by atoms with Crippen LogP contribution in [0.15, 0.2) is 30.3 Å². The molecule has 0 aliphatic heterocycles. The molecule has 1 amide bonds. The second kappa shape index (κ2) is 7.79. The minimum atomic E-state index is -0.960. The number of carboxylic acids is 1. The third-order valence-electron chi connectivity index (χ3n) is 2.52. The van der Waals surface area contributed by atoms with E-state index in [-0.39, 0.29) is 11.7 Å². The Bertz CT molecular complexity index is 448. The van der Waals surface area contributed by atoms with Crippen molar-refractivity contribution >= 4 is 23.6 Å².